The third kappa shape index (κ3) is 5.50. The van der Waals surface area contributed by atoms with E-state index in [1.165, 1.54) is 38.5 Å². The Kier molecular flexibility index (Phi) is 8.45. The molecule has 0 saturated heterocycles. The van der Waals surface area contributed by atoms with E-state index in [0.717, 1.165) is 39.4 Å². The SMILES string of the molecule is CCC(C)[C@H](C)[C@@H](C)C(I)CC(C)C1CCCC(C)C1. The van der Waals surface area contributed by atoms with Crippen molar-refractivity contribution in [2.45, 2.75) is 84.0 Å². The average Bonchev–Trinajstić information content (AvgIpc) is 2.44. The minimum absolute atomic E-state index is 0.851. The molecule has 0 aliphatic heterocycles. The van der Waals surface area contributed by atoms with Gasteiger partial charge in [-0.2, -0.15) is 0 Å². The highest BCUT2D eigenvalue weighted by molar-refractivity contribution is 14.1. The van der Waals surface area contributed by atoms with E-state index in [4.69, 9.17) is 0 Å². The highest BCUT2D eigenvalue weighted by Gasteiger charge is 2.29. The monoisotopic (exact) mass is 392 g/mol. The van der Waals surface area contributed by atoms with Gasteiger partial charge < -0.3 is 0 Å². The van der Waals surface area contributed by atoms with Crippen LogP contribution in [-0.2, 0) is 0 Å². The molecular formula is C19H37I. The Labute approximate surface area is 142 Å². The summed E-state index contributed by atoms with van der Waals surface area (Å²) in [6, 6.07) is 0. The lowest BCUT2D eigenvalue weighted by molar-refractivity contribution is 0.191. The fourth-order valence-corrected chi connectivity index (χ4v) is 5.44. The van der Waals surface area contributed by atoms with Crippen LogP contribution in [-0.4, -0.2) is 3.92 Å². The zero-order valence-corrected chi connectivity index (χ0v) is 16.8. The Hall–Kier alpha value is 0.730. The van der Waals surface area contributed by atoms with Crippen LogP contribution in [0.1, 0.15) is 80.1 Å². The second kappa shape index (κ2) is 9.00. The van der Waals surface area contributed by atoms with Crippen molar-refractivity contribution in [2.75, 3.05) is 0 Å². The van der Waals surface area contributed by atoms with Gasteiger partial charge in [-0.25, -0.2) is 0 Å². The van der Waals surface area contributed by atoms with Gasteiger partial charge in [0.15, 0.2) is 0 Å². The molecule has 0 aromatic carbocycles. The number of hydrogen-bond acceptors (Lipinski definition) is 0. The first-order valence-electron chi connectivity index (χ1n) is 9.00. The summed E-state index contributed by atoms with van der Waals surface area (Å²) in [4.78, 5) is 0. The Morgan fingerprint density at radius 3 is 2.25 bits per heavy atom. The number of halogens is 1. The van der Waals surface area contributed by atoms with Gasteiger partial charge in [0.1, 0.15) is 0 Å². The average molecular weight is 392 g/mol. The van der Waals surface area contributed by atoms with E-state index in [1.54, 1.807) is 0 Å². The molecular weight excluding hydrogens is 355 g/mol. The molecule has 1 aliphatic rings. The van der Waals surface area contributed by atoms with E-state index in [1.807, 2.05) is 0 Å². The predicted molar refractivity (Wildman–Crippen MR) is 100 cm³/mol. The topological polar surface area (TPSA) is 0 Å². The molecule has 0 N–H and O–H groups in total. The molecule has 1 rings (SSSR count). The van der Waals surface area contributed by atoms with E-state index in [0.29, 0.717) is 0 Å². The lowest BCUT2D eigenvalue weighted by atomic mass is 9.73. The molecule has 120 valence electrons. The van der Waals surface area contributed by atoms with Gasteiger partial charge in [-0.15, -0.1) is 0 Å². The zero-order chi connectivity index (χ0) is 15.3. The van der Waals surface area contributed by atoms with Crippen LogP contribution in [0, 0.1) is 35.5 Å². The van der Waals surface area contributed by atoms with Crippen LogP contribution in [0.4, 0.5) is 0 Å². The summed E-state index contributed by atoms with van der Waals surface area (Å²) in [5.41, 5.74) is 0. The van der Waals surface area contributed by atoms with Crippen molar-refractivity contribution in [3.63, 3.8) is 0 Å². The number of alkyl halides is 1. The summed E-state index contributed by atoms with van der Waals surface area (Å²) in [5, 5.41) is 0. The summed E-state index contributed by atoms with van der Waals surface area (Å²) in [7, 11) is 0. The normalized spacial score (nSPS) is 31.4. The summed E-state index contributed by atoms with van der Waals surface area (Å²) >= 11 is 2.75. The van der Waals surface area contributed by atoms with Gasteiger partial charge in [-0.3, -0.25) is 0 Å². The summed E-state index contributed by atoms with van der Waals surface area (Å²) < 4.78 is 0.851. The fraction of sp³-hybridized carbons (Fsp3) is 1.00. The van der Waals surface area contributed by atoms with Crippen molar-refractivity contribution < 1.29 is 0 Å². The van der Waals surface area contributed by atoms with Crippen LogP contribution in [0.15, 0.2) is 0 Å². The van der Waals surface area contributed by atoms with Crippen molar-refractivity contribution in [3.8, 4) is 0 Å². The largest absolute Gasteiger partial charge is 0.0823 e. The first-order valence-corrected chi connectivity index (χ1v) is 10.2. The minimum atomic E-state index is 0.851. The summed E-state index contributed by atoms with van der Waals surface area (Å²) in [6.07, 6.45) is 8.67. The molecule has 0 spiro atoms. The maximum Gasteiger partial charge on any atom is 0.0140 e. The van der Waals surface area contributed by atoms with Crippen LogP contribution in [0.25, 0.3) is 0 Å². The van der Waals surface area contributed by atoms with E-state index in [-0.39, 0.29) is 0 Å². The van der Waals surface area contributed by atoms with Crippen molar-refractivity contribution in [1.82, 2.24) is 0 Å². The molecule has 1 fully saturated rings. The van der Waals surface area contributed by atoms with Gasteiger partial charge in [0.25, 0.3) is 0 Å². The first-order chi connectivity index (χ1) is 9.36. The molecule has 0 nitrogen and oxygen atoms in total. The van der Waals surface area contributed by atoms with Crippen LogP contribution in [0.5, 0.6) is 0 Å². The quantitative estimate of drug-likeness (QED) is 0.324. The summed E-state index contributed by atoms with van der Waals surface area (Å²) in [5.74, 6) is 5.48. The lowest BCUT2D eigenvalue weighted by Crippen LogP contribution is -2.28. The number of hydrogen-bond donors (Lipinski definition) is 0. The maximum absolute atomic E-state index is 2.75. The van der Waals surface area contributed by atoms with Crippen molar-refractivity contribution in [1.29, 1.82) is 0 Å². The second-order valence-corrected chi connectivity index (χ2v) is 9.46. The molecule has 0 aromatic heterocycles. The van der Waals surface area contributed by atoms with Gasteiger partial charge in [-0.1, -0.05) is 89.8 Å². The van der Waals surface area contributed by atoms with Crippen LogP contribution in [0.2, 0.25) is 0 Å². The van der Waals surface area contributed by atoms with Gasteiger partial charge in [0, 0.05) is 3.92 Å². The smallest absolute Gasteiger partial charge is 0.0140 e. The van der Waals surface area contributed by atoms with Crippen molar-refractivity contribution >= 4 is 22.6 Å². The van der Waals surface area contributed by atoms with Gasteiger partial charge in [-0.05, 0) is 48.3 Å². The molecule has 1 aliphatic carbocycles. The predicted octanol–water partition coefficient (Wildman–Crippen LogP) is 6.96. The molecule has 0 heterocycles. The molecule has 7 atom stereocenters. The third-order valence-electron chi connectivity index (χ3n) is 6.32. The Morgan fingerprint density at radius 2 is 1.70 bits per heavy atom. The highest BCUT2D eigenvalue weighted by Crippen LogP contribution is 2.39. The molecule has 0 bridgehead atoms. The lowest BCUT2D eigenvalue weighted by Gasteiger charge is -2.35. The molecule has 1 saturated carbocycles. The zero-order valence-electron chi connectivity index (χ0n) is 14.7. The Morgan fingerprint density at radius 1 is 1.05 bits per heavy atom. The van der Waals surface area contributed by atoms with Gasteiger partial charge in [0.05, 0.1) is 0 Å². The molecule has 1 heteroatoms. The molecule has 0 radical (unpaired) electrons. The maximum atomic E-state index is 2.75. The summed E-state index contributed by atoms with van der Waals surface area (Å²) in [6.45, 7) is 14.7. The van der Waals surface area contributed by atoms with E-state index < -0.39 is 0 Å². The molecule has 0 amide bonds. The van der Waals surface area contributed by atoms with Crippen molar-refractivity contribution in [3.05, 3.63) is 0 Å². The van der Waals surface area contributed by atoms with E-state index in [9.17, 15) is 0 Å². The van der Waals surface area contributed by atoms with Crippen molar-refractivity contribution in [2.24, 2.45) is 35.5 Å². The second-order valence-electron chi connectivity index (χ2n) is 7.86. The van der Waals surface area contributed by atoms with Gasteiger partial charge in [0.2, 0.25) is 0 Å². The van der Waals surface area contributed by atoms with Crippen LogP contribution in [0.3, 0.4) is 0 Å². The van der Waals surface area contributed by atoms with E-state index in [2.05, 4.69) is 64.1 Å². The fourth-order valence-electron chi connectivity index (χ4n) is 3.98. The first kappa shape index (κ1) is 18.8. The Bertz CT molecular complexity index is 262. The standard InChI is InChI=1S/C19H37I/c1-7-14(3)16(5)17(6)19(20)12-15(4)18-10-8-9-13(2)11-18/h13-19H,7-12H2,1-6H3/t13?,14?,15?,16-,17+,18?,19?/m0/s1. The minimum Gasteiger partial charge on any atom is -0.0823 e. The van der Waals surface area contributed by atoms with E-state index >= 15 is 0 Å². The molecule has 20 heavy (non-hydrogen) atoms. The molecule has 5 unspecified atom stereocenters. The number of rotatable bonds is 7. The van der Waals surface area contributed by atoms with Gasteiger partial charge >= 0.3 is 0 Å². The third-order valence-corrected chi connectivity index (χ3v) is 7.96. The highest BCUT2D eigenvalue weighted by atomic mass is 127. The van der Waals surface area contributed by atoms with Crippen LogP contribution < -0.4 is 0 Å². The Balaban J connectivity index is 2.45. The van der Waals surface area contributed by atoms with Crippen LogP contribution >= 0.6 is 22.6 Å². The molecule has 0 aromatic rings.